The normalized spacial score (nSPS) is 16.1. The van der Waals surface area contributed by atoms with Crippen LogP contribution in [-0.4, -0.2) is 68.5 Å². The number of hydrogen-bond acceptors (Lipinski definition) is 8. The lowest BCUT2D eigenvalue weighted by Gasteiger charge is -2.32. The summed E-state index contributed by atoms with van der Waals surface area (Å²) in [7, 11) is 2.88. The largest absolute Gasteiger partial charge is 0.497 e. The fourth-order valence-corrected chi connectivity index (χ4v) is 5.02. The molecule has 9 heteroatoms. The van der Waals surface area contributed by atoms with Crippen molar-refractivity contribution in [2.75, 3.05) is 47.1 Å². The molecule has 1 N–H and O–H groups in total. The SMILES string of the molecule is COC(=O)c1cc2ccc(OC)cc2n(CCN2CCC(NCc3ccc4c(c3)OCCO4)CC2)c1=O. The van der Waals surface area contributed by atoms with Gasteiger partial charge in [-0.15, -0.1) is 0 Å². The van der Waals surface area contributed by atoms with E-state index in [-0.39, 0.29) is 11.1 Å². The van der Waals surface area contributed by atoms with E-state index in [1.54, 1.807) is 17.7 Å². The number of likely N-dealkylation sites (tertiary alicyclic amines) is 1. The number of benzene rings is 2. The Morgan fingerprint density at radius 1 is 1.00 bits per heavy atom. The first-order valence-electron chi connectivity index (χ1n) is 12.7. The van der Waals surface area contributed by atoms with Crippen LogP contribution in [0, 0.1) is 0 Å². The Balaban J connectivity index is 1.20. The Morgan fingerprint density at radius 3 is 2.54 bits per heavy atom. The van der Waals surface area contributed by atoms with E-state index in [0.717, 1.165) is 54.9 Å². The van der Waals surface area contributed by atoms with E-state index in [1.165, 1.54) is 12.7 Å². The maximum absolute atomic E-state index is 13.2. The van der Waals surface area contributed by atoms with Crippen LogP contribution in [0.5, 0.6) is 17.2 Å². The molecule has 0 bridgehead atoms. The first kappa shape index (κ1) is 25.1. The summed E-state index contributed by atoms with van der Waals surface area (Å²) in [5, 5.41) is 4.46. The van der Waals surface area contributed by atoms with Crippen molar-refractivity contribution in [3.8, 4) is 17.2 Å². The molecule has 0 unspecified atom stereocenters. The zero-order valence-electron chi connectivity index (χ0n) is 21.3. The number of nitrogens with one attached hydrogen (secondary N) is 1. The van der Waals surface area contributed by atoms with Crippen LogP contribution in [0.4, 0.5) is 0 Å². The minimum atomic E-state index is -0.624. The van der Waals surface area contributed by atoms with Gasteiger partial charge in [-0.2, -0.15) is 0 Å². The zero-order chi connectivity index (χ0) is 25.8. The summed E-state index contributed by atoms with van der Waals surface area (Å²) < 4.78 is 23.2. The molecule has 0 amide bonds. The van der Waals surface area contributed by atoms with Crippen LogP contribution >= 0.6 is 0 Å². The quantitative estimate of drug-likeness (QED) is 0.466. The lowest BCUT2D eigenvalue weighted by molar-refractivity contribution is 0.0598. The van der Waals surface area contributed by atoms with E-state index in [2.05, 4.69) is 22.3 Å². The van der Waals surface area contributed by atoms with Gasteiger partial charge in [0.2, 0.25) is 0 Å². The molecule has 1 aromatic heterocycles. The third kappa shape index (κ3) is 5.57. The molecule has 9 nitrogen and oxygen atoms in total. The zero-order valence-corrected chi connectivity index (χ0v) is 21.3. The molecular weight excluding hydrogens is 474 g/mol. The Bertz CT molecular complexity index is 1330. The molecule has 0 spiro atoms. The molecule has 2 aliphatic heterocycles. The molecule has 0 atom stereocenters. The number of pyridine rings is 1. The summed E-state index contributed by atoms with van der Waals surface area (Å²) in [4.78, 5) is 27.8. The number of rotatable bonds is 8. The second-order valence-electron chi connectivity index (χ2n) is 9.41. The molecule has 2 aromatic carbocycles. The second kappa shape index (κ2) is 11.2. The number of carbonyl (C=O) groups is 1. The smallest absolute Gasteiger partial charge is 0.343 e. The highest BCUT2D eigenvalue weighted by Gasteiger charge is 2.21. The van der Waals surface area contributed by atoms with Crippen molar-refractivity contribution >= 4 is 16.9 Å². The first-order chi connectivity index (χ1) is 18.1. The van der Waals surface area contributed by atoms with Crippen LogP contribution in [0.3, 0.4) is 0 Å². The summed E-state index contributed by atoms with van der Waals surface area (Å²) in [5.41, 5.74) is 1.62. The van der Waals surface area contributed by atoms with E-state index in [1.807, 2.05) is 24.3 Å². The number of methoxy groups -OCH3 is 2. The first-order valence-corrected chi connectivity index (χ1v) is 12.7. The highest BCUT2D eigenvalue weighted by Crippen LogP contribution is 2.30. The van der Waals surface area contributed by atoms with Crippen LogP contribution in [0.25, 0.3) is 10.9 Å². The number of esters is 1. The van der Waals surface area contributed by atoms with Crippen LogP contribution in [0.2, 0.25) is 0 Å². The highest BCUT2D eigenvalue weighted by atomic mass is 16.6. The predicted octanol–water partition coefficient (Wildman–Crippen LogP) is 2.82. The van der Waals surface area contributed by atoms with Gasteiger partial charge in [-0.1, -0.05) is 6.07 Å². The van der Waals surface area contributed by atoms with Crippen LogP contribution in [0.1, 0.15) is 28.8 Å². The van der Waals surface area contributed by atoms with E-state index in [4.69, 9.17) is 18.9 Å². The molecule has 5 rings (SSSR count). The molecule has 2 aliphatic rings. The van der Waals surface area contributed by atoms with Gasteiger partial charge >= 0.3 is 5.97 Å². The highest BCUT2D eigenvalue weighted by molar-refractivity contribution is 5.94. The lowest BCUT2D eigenvalue weighted by atomic mass is 10.0. The van der Waals surface area contributed by atoms with Gasteiger partial charge in [0.05, 0.1) is 19.7 Å². The molecule has 0 saturated carbocycles. The van der Waals surface area contributed by atoms with Crippen molar-refractivity contribution in [1.29, 1.82) is 0 Å². The standard InChI is InChI=1S/C28H33N3O6/c1-34-22-5-4-20-16-23(28(33)35-2)27(32)31(24(20)17-22)12-11-30-9-7-21(8-10-30)29-18-19-3-6-25-26(15-19)37-14-13-36-25/h3-6,15-17,21,29H,7-14,18H2,1-2H3. The Morgan fingerprint density at radius 2 is 1.78 bits per heavy atom. The van der Waals surface area contributed by atoms with Crippen molar-refractivity contribution in [1.82, 2.24) is 14.8 Å². The minimum Gasteiger partial charge on any atom is -0.497 e. The molecule has 196 valence electrons. The minimum absolute atomic E-state index is 0.0437. The van der Waals surface area contributed by atoms with Gasteiger partial charge in [0.1, 0.15) is 24.5 Å². The van der Waals surface area contributed by atoms with E-state index in [0.29, 0.717) is 38.1 Å². The van der Waals surface area contributed by atoms with Crippen LogP contribution in [-0.2, 0) is 17.8 Å². The third-order valence-corrected chi connectivity index (χ3v) is 7.14. The van der Waals surface area contributed by atoms with Gasteiger partial charge < -0.3 is 33.7 Å². The topological polar surface area (TPSA) is 91.3 Å². The second-order valence-corrected chi connectivity index (χ2v) is 9.41. The predicted molar refractivity (Wildman–Crippen MR) is 140 cm³/mol. The number of piperidine rings is 1. The van der Waals surface area contributed by atoms with E-state index < -0.39 is 5.97 Å². The molecule has 1 saturated heterocycles. The maximum atomic E-state index is 13.2. The number of aromatic nitrogens is 1. The average molecular weight is 508 g/mol. The van der Waals surface area contributed by atoms with Crippen molar-refractivity contribution in [3.63, 3.8) is 0 Å². The van der Waals surface area contributed by atoms with Crippen LogP contribution in [0.15, 0.2) is 47.3 Å². The van der Waals surface area contributed by atoms with Crippen molar-refractivity contribution < 1.29 is 23.7 Å². The van der Waals surface area contributed by atoms with Crippen molar-refractivity contribution in [2.24, 2.45) is 0 Å². The van der Waals surface area contributed by atoms with Gasteiger partial charge in [0, 0.05) is 31.7 Å². The molecule has 0 radical (unpaired) electrons. The van der Waals surface area contributed by atoms with Gasteiger partial charge in [0.25, 0.3) is 5.56 Å². The monoisotopic (exact) mass is 507 g/mol. The fraction of sp³-hybridized carbons (Fsp3) is 0.429. The molecule has 37 heavy (non-hydrogen) atoms. The Kier molecular flexibility index (Phi) is 7.62. The van der Waals surface area contributed by atoms with Gasteiger partial charge in [-0.3, -0.25) is 4.79 Å². The molecule has 0 aliphatic carbocycles. The summed E-state index contributed by atoms with van der Waals surface area (Å²) in [6.07, 6.45) is 2.05. The number of hydrogen-bond donors (Lipinski definition) is 1. The number of ether oxygens (including phenoxy) is 4. The van der Waals surface area contributed by atoms with Gasteiger partial charge in [-0.05, 0) is 67.2 Å². The number of carbonyl (C=O) groups excluding carboxylic acids is 1. The number of nitrogens with zero attached hydrogens (tertiary/aromatic N) is 2. The summed E-state index contributed by atoms with van der Waals surface area (Å²) in [6, 6.07) is 13.6. The Labute approximate surface area is 215 Å². The average Bonchev–Trinajstić information content (AvgIpc) is 2.95. The fourth-order valence-electron chi connectivity index (χ4n) is 5.02. The summed E-state index contributed by atoms with van der Waals surface area (Å²) >= 11 is 0. The van der Waals surface area contributed by atoms with E-state index >= 15 is 0 Å². The molecule has 3 heterocycles. The number of fused-ring (bicyclic) bond motifs is 2. The van der Waals surface area contributed by atoms with Crippen molar-refractivity contribution in [3.05, 3.63) is 63.9 Å². The summed E-state index contributed by atoms with van der Waals surface area (Å²) in [6.45, 7) is 5.03. The molecule has 1 fully saturated rings. The Hall–Kier alpha value is -3.56. The summed E-state index contributed by atoms with van der Waals surface area (Å²) in [5.74, 6) is 1.67. The van der Waals surface area contributed by atoms with E-state index in [9.17, 15) is 9.59 Å². The molecular formula is C28H33N3O6. The van der Waals surface area contributed by atoms with Gasteiger partial charge in [-0.25, -0.2) is 4.79 Å². The van der Waals surface area contributed by atoms with Crippen molar-refractivity contribution in [2.45, 2.75) is 32.0 Å². The van der Waals surface area contributed by atoms with Crippen LogP contribution < -0.4 is 25.1 Å². The molecule has 3 aromatic rings. The third-order valence-electron chi connectivity index (χ3n) is 7.14. The lowest BCUT2D eigenvalue weighted by Crippen LogP contribution is -2.43. The van der Waals surface area contributed by atoms with Gasteiger partial charge in [0.15, 0.2) is 11.5 Å². The maximum Gasteiger partial charge on any atom is 0.343 e.